The zero-order valence-corrected chi connectivity index (χ0v) is 18.5. The first-order valence-corrected chi connectivity index (χ1v) is 11.0. The number of aryl methyl sites for hydroxylation is 1. The van der Waals surface area contributed by atoms with E-state index < -0.39 is 0 Å². The number of hydrogen-bond acceptors (Lipinski definition) is 4. The Hall–Kier alpha value is -2.96. The highest BCUT2D eigenvalue weighted by Gasteiger charge is 2.35. The molecule has 1 N–H and O–H groups in total. The summed E-state index contributed by atoms with van der Waals surface area (Å²) in [6.45, 7) is 8.14. The van der Waals surface area contributed by atoms with Crippen LogP contribution in [0, 0.1) is 12.3 Å². The molecule has 164 valence electrons. The first-order chi connectivity index (χ1) is 14.7. The highest BCUT2D eigenvalue weighted by atomic mass is 16.2. The van der Waals surface area contributed by atoms with Gasteiger partial charge in [-0.25, -0.2) is 4.68 Å². The van der Waals surface area contributed by atoms with E-state index in [0.29, 0.717) is 31.5 Å². The number of nitrogens with zero attached hydrogens (tertiary/aromatic N) is 3. The van der Waals surface area contributed by atoms with Crippen molar-refractivity contribution >= 4 is 17.6 Å². The Morgan fingerprint density at radius 2 is 1.90 bits per heavy atom. The maximum atomic E-state index is 12.6. The summed E-state index contributed by atoms with van der Waals surface area (Å²) in [5.41, 5.74) is 3.79. The molecule has 0 unspecified atom stereocenters. The van der Waals surface area contributed by atoms with Gasteiger partial charge >= 0.3 is 0 Å². The fraction of sp³-hybridized carbons (Fsp3) is 0.500. The molecular weight excluding hydrogens is 392 g/mol. The lowest BCUT2D eigenvalue weighted by atomic mass is 9.75. The molecule has 1 aliphatic carbocycles. The van der Waals surface area contributed by atoms with Crippen molar-refractivity contribution in [1.82, 2.24) is 20.0 Å². The first-order valence-electron chi connectivity index (χ1n) is 11.0. The van der Waals surface area contributed by atoms with Gasteiger partial charge in [0.05, 0.1) is 22.6 Å². The van der Waals surface area contributed by atoms with Gasteiger partial charge in [-0.15, -0.1) is 0 Å². The van der Waals surface area contributed by atoms with Crippen LogP contribution in [0.3, 0.4) is 0 Å². The van der Waals surface area contributed by atoms with E-state index in [-0.39, 0.29) is 23.0 Å². The van der Waals surface area contributed by atoms with Crippen molar-refractivity contribution < 1.29 is 14.4 Å². The monoisotopic (exact) mass is 422 g/mol. The van der Waals surface area contributed by atoms with Gasteiger partial charge in [-0.2, -0.15) is 5.10 Å². The second-order valence-electron chi connectivity index (χ2n) is 9.40. The molecule has 4 rings (SSSR count). The fourth-order valence-corrected chi connectivity index (χ4v) is 4.62. The number of aromatic nitrogens is 2. The van der Waals surface area contributed by atoms with E-state index in [1.165, 1.54) is 0 Å². The number of Topliss-reactive ketones (excluding diaryl/α,β-unsaturated/α-hetero) is 1. The van der Waals surface area contributed by atoms with Crippen LogP contribution < -0.4 is 5.32 Å². The number of likely N-dealkylation sites (tertiary alicyclic amines) is 1. The smallest absolute Gasteiger partial charge is 0.251 e. The third-order valence-electron chi connectivity index (χ3n) is 6.16. The Morgan fingerprint density at radius 1 is 1.16 bits per heavy atom. The Morgan fingerprint density at radius 3 is 2.58 bits per heavy atom. The molecule has 0 spiro atoms. The maximum absolute atomic E-state index is 12.6. The molecule has 0 radical (unpaired) electrons. The Kier molecular flexibility index (Phi) is 5.69. The molecule has 1 fully saturated rings. The second kappa shape index (κ2) is 8.29. The molecule has 2 aromatic rings. The normalized spacial score (nSPS) is 17.7. The van der Waals surface area contributed by atoms with E-state index in [1.807, 2.05) is 28.6 Å². The zero-order chi connectivity index (χ0) is 22.2. The van der Waals surface area contributed by atoms with Crippen LogP contribution in [0.5, 0.6) is 0 Å². The van der Waals surface area contributed by atoms with E-state index in [2.05, 4.69) is 24.3 Å². The molecule has 7 heteroatoms. The Labute approximate surface area is 182 Å². The minimum absolute atomic E-state index is 0.0895. The predicted octanol–water partition coefficient (Wildman–Crippen LogP) is 3.08. The summed E-state index contributed by atoms with van der Waals surface area (Å²) in [5, 5.41) is 7.54. The van der Waals surface area contributed by atoms with Crippen molar-refractivity contribution in [2.45, 2.75) is 52.9 Å². The molecule has 0 bridgehead atoms. The molecule has 1 aromatic heterocycles. The molecule has 2 heterocycles. The summed E-state index contributed by atoms with van der Waals surface area (Å²) in [6, 6.07) is 7.31. The summed E-state index contributed by atoms with van der Waals surface area (Å²) >= 11 is 0. The average molecular weight is 423 g/mol. The molecule has 1 saturated heterocycles. The summed E-state index contributed by atoms with van der Waals surface area (Å²) in [7, 11) is 0. The van der Waals surface area contributed by atoms with Crippen LogP contribution in [-0.4, -0.2) is 51.9 Å². The molecule has 0 saturated carbocycles. The number of carbonyl (C=O) groups excluding carboxylic acids is 3. The fourth-order valence-electron chi connectivity index (χ4n) is 4.62. The van der Waals surface area contributed by atoms with E-state index in [1.54, 1.807) is 12.1 Å². The van der Waals surface area contributed by atoms with Crippen molar-refractivity contribution in [3.05, 3.63) is 46.8 Å². The topological polar surface area (TPSA) is 84.3 Å². The van der Waals surface area contributed by atoms with Gasteiger partial charge in [0.2, 0.25) is 5.91 Å². The predicted molar refractivity (Wildman–Crippen MR) is 117 cm³/mol. The van der Waals surface area contributed by atoms with Crippen LogP contribution >= 0.6 is 0 Å². The van der Waals surface area contributed by atoms with Crippen molar-refractivity contribution in [1.29, 1.82) is 0 Å². The quantitative estimate of drug-likeness (QED) is 0.725. The van der Waals surface area contributed by atoms with Crippen LogP contribution in [0.15, 0.2) is 24.3 Å². The summed E-state index contributed by atoms with van der Waals surface area (Å²) in [6.07, 6.45) is 3.65. The Bertz CT molecular complexity index is 1020. The van der Waals surface area contributed by atoms with Gasteiger partial charge < -0.3 is 10.2 Å². The van der Waals surface area contributed by atoms with E-state index >= 15 is 0 Å². The zero-order valence-electron chi connectivity index (χ0n) is 18.5. The van der Waals surface area contributed by atoms with Crippen LogP contribution in [-0.2, 0) is 11.2 Å². The van der Waals surface area contributed by atoms with Crippen molar-refractivity contribution in [2.24, 2.45) is 5.41 Å². The van der Waals surface area contributed by atoms with Gasteiger partial charge in [0, 0.05) is 38.0 Å². The summed E-state index contributed by atoms with van der Waals surface area (Å²) in [4.78, 5) is 38.6. The SMILES string of the molecule is Cc1nn(-c2ccc(C(=O)NCCCN3CCCC3=O)cc2)c2c1C(=O)CC(C)(C)C2. The maximum Gasteiger partial charge on any atom is 0.251 e. The number of amides is 2. The minimum Gasteiger partial charge on any atom is -0.352 e. The molecular formula is C24H30N4O3. The average Bonchev–Trinajstić information content (AvgIpc) is 3.27. The Balaban J connectivity index is 1.41. The molecule has 0 atom stereocenters. The number of rotatable bonds is 6. The molecule has 2 amide bonds. The lowest BCUT2D eigenvalue weighted by molar-refractivity contribution is -0.127. The van der Waals surface area contributed by atoms with E-state index in [4.69, 9.17) is 0 Å². The highest BCUT2D eigenvalue weighted by molar-refractivity contribution is 6.00. The third kappa shape index (κ3) is 4.40. The van der Waals surface area contributed by atoms with E-state index in [0.717, 1.165) is 48.4 Å². The number of hydrogen-bond donors (Lipinski definition) is 1. The van der Waals surface area contributed by atoms with Crippen LogP contribution in [0.4, 0.5) is 0 Å². The second-order valence-corrected chi connectivity index (χ2v) is 9.40. The number of nitrogens with one attached hydrogen (secondary N) is 1. The van der Waals surface area contributed by atoms with Crippen molar-refractivity contribution in [2.75, 3.05) is 19.6 Å². The molecule has 1 aromatic carbocycles. The van der Waals surface area contributed by atoms with E-state index in [9.17, 15) is 14.4 Å². The standard InChI is InChI=1S/C24H30N4O3/c1-16-22-19(14-24(2,3)15-20(22)29)28(26-16)18-9-7-17(8-10-18)23(31)25-11-5-13-27-12-4-6-21(27)30/h7-10H,4-6,11-15H2,1-3H3,(H,25,31). The van der Waals surface area contributed by atoms with Crippen molar-refractivity contribution in [3.63, 3.8) is 0 Å². The van der Waals surface area contributed by atoms with Gasteiger partial charge in [-0.05, 0) is 55.9 Å². The van der Waals surface area contributed by atoms with Gasteiger partial charge in [-0.3, -0.25) is 14.4 Å². The van der Waals surface area contributed by atoms with Gasteiger partial charge in [0.1, 0.15) is 0 Å². The first kappa shape index (κ1) is 21.3. The number of fused-ring (bicyclic) bond motifs is 1. The highest BCUT2D eigenvalue weighted by Crippen LogP contribution is 2.36. The summed E-state index contributed by atoms with van der Waals surface area (Å²) < 4.78 is 1.85. The molecule has 7 nitrogen and oxygen atoms in total. The molecule has 1 aliphatic heterocycles. The number of benzene rings is 1. The summed E-state index contributed by atoms with van der Waals surface area (Å²) in [5.74, 6) is 0.235. The van der Waals surface area contributed by atoms with Crippen molar-refractivity contribution in [3.8, 4) is 5.69 Å². The molecule has 2 aliphatic rings. The van der Waals surface area contributed by atoms with Gasteiger partial charge in [0.15, 0.2) is 5.78 Å². The number of ketones is 1. The minimum atomic E-state index is -0.130. The number of carbonyl (C=O) groups is 3. The molecule has 31 heavy (non-hydrogen) atoms. The van der Waals surface area contributed by atoms with Crippen LogP contribution in [0.2, 0.25) is 0 Å². The lowest BCUT2D eigenvalue weighted by Crippen LogP contribution is -2.30. The van der Waals surface area contributed by atoms with Crippen LogP contribution in [0.1, 0.15) is 71.6 Å². The third-order valence-corrected chi connectivity index (χ3v) is 6.16. The van der Waals surface area contributed by atoms with Gasteiger partial charge in [-0.1, -0.05) is 13.8 Å². The van der Waals surface area contributed by atoms with Gasteiger partial charge in [0.25, 0.3) is 5.91 Å². The lowest BCUT2D eigenvalue weighted by Gasteiger charge is -2.29. The largest absolute Gasteiger partial charge is 0.352 e. The van der Waals surface area contributed by atoms with Crippen LogP contribution in [0.25, 0.3) is 5.69 Å².